The number of nitrogens with one attached hydrogen (secondary N) is 4. The number of anilines is 2. The number of aromatic amines is 1. The number of hydrogen-bond acceptors (Lipinski definition) is 7. The molecule has 0 aliphatic rings. The van der Waals surface area contributed by atoms with E-state index in [-0.39, 0.29) is 19.4 Å². The van der Waals surface area contributed by atoms with E-state index in [1.165, 1.54) is 24.3 Å². The molecule has 0 spiro atoms. The average molecular weight is 588 g/mol. The summed E-state index contributed by atoms with van der Waals surface area (Å²) in [6.07, 6.45) is -5.06. The van der Waals surface area contributed by atoms with Gasteiger partial charge in [-0.3, -0.25) is 4.79 Å². The minimum atomic E-state index is -5.06. The van der Waals surface area contributed by atoms with E-state index in [0.29, 0.717) is 33.2 Å². The molecule has 0 unspecified atom stereocenters. The van der Waals surface area contributed by atoms with E-state index in [0.717, 1.165) is 12.1 Å². The smallest absolute Gasteiger partial charge is 0.388 e. The van der Waals surface area contributed by atoms with E-state index in [9.17, 15) is 36.0 Å². The number of nitrogens with zero attached hydrogens (tertiary/aromatic N) is 1. The summed E-state index contributed by atoms with van der Waals surface area (Å²) in [5, 5.41) is 4.80. The van der Waals surface area contributed by atoms with Crippen molar-refractivity contribution in [3.05, 3.63) is 78.8 Å². The van der Waals surface area contributed by atoms with Crippen LogP contribution in [0.5, 0.6) is 0 Å². The number of rotatable bonds is 5. The fourth-order valence-electron chi connectivity index (χ4n) is 3.52. The van der Waals surface area contributed by atoms with Gasteiger partial charge in [0.05, 0.1) is 26.5 Å². The van der Waals surface area contributed by atoms with Gasteiger partial charge >= 0.3 is 17.9 Å². The van der Waals surface area contributed by atoms with Crippen molar-refractivity contribution in [3.8, 4) is 5.69 Å². The standard InChI is InChI=1S/C22H17ClF3N5O5S2/c1-10-7-17(37-18(10)23)38(35,36)30-20(33)28-12-4-6-16(14(8-12)22(24,25)26)31-19(32)13-5-3-11(27-2)9-15(13)29-21(31)34/h3-9,27H,1-2H3,(H,29,34)(H2,28,30,33). The summed E-state index contributed by atoms with van der Waals surface area (Å²) in [5.74, 6) is 0. The lowest BCUT2D eigenvalue weighted by Gasteiger charge is -2.16. The number of urea groups is 1. The predicted octanol–water partition coefficient (Wildman–Crippen LogP) is 4.27. The van der Waals surface area contributed by atoms with E-state index in [1.54, 1.807) is 18.7 Å². The van der Waals surface area contributed by atoms with E-state index >= 15 is 0 Å². The van der Waals surface area contributed by atoms with Crippen LogP contribution in [0.3, 0.4) is 0 Å². The lowest BCUT2D eigenvalue weighted by molar-refractivity contribution is -0.137. The summed E-state index contributed by atoms with van der Waals surface area (Å²) in [6, 6.07) is 6.51. The lowest BCUT2D eigenvalue weighted by atomic mass is 10.1. The molecule has 16 heteroatoms. The van der Waals surface area contributed by atoms with Crippen molar-refractivity contribution in [1.82, 2.24) is 14.3 Å². The zero-order chi connectivity index (χ0) is 28.0. The van der Waals surface area contributed by atoms with Gasteiger partial charge in [-0.2, -0.15) is 13.2 Å². The lowest BCUT2D eigenvalue weighted by Crippen LogP contribution is -2.35. The fourth-order valence-corrected chi connectivity index (χ4v) is 6.14. The van der Waals surface area contributed by atoms with Crippen molar-refractivity contribution in [3.63, 3.8) is 0 Å². The first-order valence-electron chi connectivity index (χ1n) is 10.5. The molecular formula is C22H17ClF3N5O5S2. The Kier molecular flexibility index (Phi) is 7.03. The first-order valence-corrected chi connectivity index (χ1v) is 13.2. The minimum absolute atomic E-state index is 0.0348. The van der Waals surface area contributed by atoms with Crippen LogP contribution in [0.1, 0.15) is 11.1 Å². The van der Waals surface area contributed by atoms with Crippen molar-refractivity contribution in [2.75, 3.05) is 17.7 Å². The Morgan fingerprint density at radius 2 is 1.76 bits per heavy atom. The molecule has 0 saturated heterocycles. The molecule has 2 aromatic carbocycles. The molecule has 10 nitrogen and oxygen atoms in total. The highest BCUT2D eigenvalue weighted by molar-refractivity contribution is 7.92. The number of fused-ring (bicyclic) bond motifs is 1. The van der Waals surface area contributed by atoms with Crippen LogP contribution in [-0.4, -0.2) is 31.0 Å². The molecule has 0 bridgehead atoms. The molecule has 0 aliphatic heterocycles. The van der Waals surface area contributed by atoms with Crippen LogP contribution < -0.4 is 26.6 Å². The number of thiophene rings is 1. The van der Waals surface area contributed by atoms with Gasteiger partial charge in [-0.05, 0) is 55.0 Å². The third-order valence-electron chi connectivity index (χ3n) is 5.31. The third kappa shape index (κ3) is 5.25. The summed E-state index contributed by atoms with van der Waals surface area (Å²) in [4.78, 5) is 40.4. The molecule has 4 rings (SSSR count). The van der Waals surface area contributed by atoms with Crippen molar-refractivity contribution in [2.24, 2.45) is 0 Å². The van der Waals surface area contributed by atoms with E-state index in [2.05, 4.69) is 10.3 Å². The molecule has 4 aromatic rings. The number of carbonyl (C=O) groups is 1. The van der Waals surface area contributed by atoms with Gasteiger partial charge in [0.1, 0.15) is 4.21 Å². The molecular weight excluding hydrogens is 571 g/mol. The minimum Gasteiger partial charge on any atom is -0.388 e. The van der Waals surface area contributed by atoms with E-state index < -0.39 is 50.4 Å². The van der Waals surface area contributed by atoms with Gasteiger partial charge in [-0.1, -0.05) is 11.6 Å². The topological polar surface area (TPSA) is 142 Å². The summed E-state index contributed by atoms with van der Waals surface area (Å²) >= 11 is 6.56. The average Bonchev–Trinajstić information content (AvgIpc) is 3.17. The first kappa shape index (κ1) is 27.2. The Labute approximate surface area is 221 Å². The van der Waals surface area contributed by atoms with Crippen molar-refractivity contribution >= 4 is 61.3 Å². The quantitative estimate of drug-likeness (QED) is 0.275. The zero-order valence-corrected chi connectivity index (χ0v) is 21.7. The number of benzene rings is 2. The Bertz CT molecular complexity index is 1790. The monoisotopic (exact) mass is 587 g/mol. The first-order chi connectivity index (χ1) is 17.7. The summed E-state index contributed by atoms with van der Waals surface area (Å²) in [7, 11) is -2.74. The summed E-state index contributed by atoms with van der Waals surface area (Å²) < 4.78 is 68.7. The molecule has 0 saturated carbocycles. The van der Waals surface area contributed by atoms with Crippen molar-refractivity contribution in [1.29, 1.82) is 0 Å². The Morgan fingerprint density at radius 3 is 2.37 bits per heavy atom. The second-order valence-corrected chi connectivity index (χ2v) is 11.5. The van der Waals surface area contributed by atoms with Gasteiger partial charge in [0, 0.05) is 18.4 Å². The summed E-state index contributed by atoms with van der Waals surface area (Å²) in [5.41, 5.74) is -3.61. The van der Waals surface area contributed by atoms with Crippen LogP contribution in [0.4, 0.5) is 29.3 Å². The number of carbonyl (C=O) groups excluding carboxylic acids is 1. The maximum atomic E-state index is 14.0. The SMILES string of the molecule is CNc1ccc2c(=O)n(-c3ccc(NC(=O)NS(=O)(=O)c4cc(C)c(Cl)s4)cc3C(F)(F)F)c(=O)[nH]c2c1. The number of amides is 2. The van der Waals surface area contributed by atoms with Crippen LogP contribution in [0, 0.1) is 6.92 Å². The van der Waals surface area contributed by atoms with Crippen LogP contribution in [0.25, 0.3) is 16.6 Å². The van der Waals surface area contributed by atoms with Crippen LogP contribution in [-0.2, 0) is 16.2 Å². The molecule has 2 amide bonds. The molecule has 0 radical (unpaired) electrons. The Balaban J connectivity index is 1.72. The van der Waals surface area contributed by atoms with Gasteiger partial charge in [0.25, 0.3) is 15.6 Å². The van der Waals surface area contributed by atoms with Crippen LogP contribution in [0.15, 0.2) is 56.3 Å². The number of aryl methyl sites for hydroxylation is 1. The van der Waals surface area contributed by atoms with Gasteiger partial charge in [-0.15, -0.1) is 11.3 Å². The number of aromatic nitrogens is 2. The molecule has 0 aliphatic carbocycles. The van der Waals surface area contributed by atoms with Gasteiger partial charge in [-0.25, -0.2) is 27.3 Å². The largest absolute Gasteiger partial charge is 0.418 e. The van der Waals surface area contributed by atoms with Crippen molar-refractivity contribution in [2.45, 2.75) is 17.3 Å². The number of hydrogen-bond donors (Lipinski definition) is 4. The predicted molar refractivity (Wildman–Crippen MR) is 138 cm³/mol. The van der Waals surface area contributed by atoms with Gasteiger partial charge in [0.15, 0.2) is 0 Å². The highest BCUT2D eigenvalue weighted by Gasteiger charge is 2.35. The van der Waals surface area contributed by atoms with Gasteiger partial charge < -0.3 is 15.6 Å². The van der Waals surface area contributed by atoms with E-state index in [4.69, 9.17) is 11.6 Å². The molecule has 2 heterocycles. The van der Waals surface area contributed by atoms with Gasteiger partial charge in [0.2, 0.25) is 0 Å². The zero-order valence-electron chi connectivity index (χ0n) is 19.4. The molecule has 0 fully saturated rings. The maximum Gasteiger partial charge on any atom is 0.418 e. The maximum absolute atomic E-state index is 14.0. The van der Waals surface area contributed by atoms with E-state index in [1.807, 2.05) is 5.32 Å². The normalized spacial score (nSPS) is 11.9. The number of alkyl halides is 3. The molecule has 200 valence electrons. The fraction of sp³-hybridized carbons (Fsp3) is 0.136. The Hall–Kier alpha value is -3.82. The Morgan fingerprint density at radius 1 is 1.08 bits per heavy atom. The summed E-state index contributed by atoms with van der Waals surface area (Å²) in [6.45, 7) is 1.56. The van der Waals surface area contributed by atoms with Crippen molar-refractivity contribution < 1.29 is 26.4 Å². The molecule has 38 heavy (non-hydrogen) atoms. The number of sulfonamides is 1. The third-order valence-corrected chi connectivity index (χ3v) is 8.67. The number of halogens is 4. The molecule has 0 atom stereocenters. The molecule has 2 aromatic heterocycles. The highest BCUT2D eigenvalue weighted by atomic mass is 35.5. The second-order valence-electron chi connectivity index (χ2n) is 7.89. The second kappa shape index (κ2) is 9.81. The number of H-pyrrole nitrogens is 1. The van der Waals surface area contributed by atoms with Crippen LogP contribution >= 0.6 is 22.9 Å². The van der Waals surface area contributed by atoms with Crippen LogP contribution in [0.2, 0.25) is 4.34 Å². The molecule has 4 N–H and O–H groups in total. The highest BCUT2D eigenvalue weighted by Crippen LogP contribution is 2.35.